The number of anilines is 1. The first kappa shape index (κ1) is 31.4. The first-order valence-corrected chi connectivity index (χ1v) is 15.0. The molecule has 0 spiro atoms. The Morgan fingerprint density at radius 2 is 1.60 bits per heavy atom. The molecule has 3 rings (SSSR count). The van der Waals surface area contributed by atoms with Gasteiger partial charge in [0.25, 0.3) is 10.0 Å². The largest absolute Gasteiger partial charge is 0.354 e. The van der Waals surface area contributed by atoms with Crippen LogP contribution in [-0.2, 0) is 26.2 Å². The third-order valence-electron chi connectivity index (χ3n) is 6.28. The molecule has 11 heteroatoms. The molecule has 40 heavy (non-hydrogen) atoms. The van der Waals surface area contributed by atoms with Gasteiger partial charge in [-0.15, -0.1) is 0 Å². The molecule has 0 unspecified atom stereocenters. The molecule has 1 atom stereocenters. The minimum absolute atomic E-state index is 0.0187. The third kappa shape index (κ3) is 7.74. The Labute approximate surface area is 244 Å². The van der Waals surface area contributed by atoms with Crippen molar-refractivity contribution >= 4 is 50.7 Å². The molecular weight excluding hydrogens is 576 g/mol. The molecule has 7 nitrogen and oxygen atoms in total. The van der Waals surface area contributed by atoms with Crippen molar-refractivity contribution in [2.75, 3.05) is 17.4 Å². The number of hydrogen-bond acceptors (Lipinski definition) is 4. The van der Waals surface area contributed by atoms with E-state index in [2.05, 4.69) is 5.32 Å². The molecule has 0 aliphatic carbocycles. The van der Waals surface area contributed by atoms with Gasteiger partial charge in [-0.25, -0.2) is 12.8 Å². The first-order valence-electron chi connectivity index (χ1n) is 12.8. The van der Waals surface area contributed by atoms with E-state index in [0.717, 1.165) is 9.87 Å². The van der Waals surface area contributed by atoms with Gasteiger partial charge in [0.05, 0.1) is 20.6 Å². The lowest BCUT2D eigenvalue weighted by Gasteiger charge is -2.33. The van der Waals surface area contributed by atoms with Crippen molar-refractivity contribution in [3.05, 3.63) is 93.7 Å². The predicted octanol–water partition coefficient (Wildman–Crippen LogP) is 5.97. The van der Waals surface area contributed by atoms with Crippen LogP contribution in [0.5, 0.6) is 0 Å². The standard InChI is InChI=1S/C29H32Cl2FN3O4S/c1-4-16-33-29(37)27(5-2)34(18-21-8-10-22(32)11-9-21)28(36)19-35(23-12-15-25(30)26(31)17-23)40(38,39)24-13-6-20(3)7-14-24/h6-15,17,27H,4-5,16,18-19H2,1-3H3,(H,33,37)/t27-/m1/s1. The molecule has 0 heterocycles. The number of carbonyl (C=O) groups excluding carboxylic acids is 2. The van der Waals surface area contributed by atoms with Crippen molar-refractivity contribution < 1.29 is 22.4 Å². The average molecular weight is 609 g/mol. The van der Waals surface area contributed by atoms with E-state index in [1.54, 1.807) is 19.1 Å². The zero-order chi connectivity index (χ0) is 29.4. The molecule has 0 bridgehead atoms. The van der Waals surface area contributed by atoms with Crippen LogP contribution < -0.4 is 9.62 Å². The molecule has 3 aromatic carbocycles. The summed E-state index contributed by atoms with van der Waals surface area (Å²) >= 11 is 12.3. The Hall–Kier alpha value is -3.14. The van der Waals surface area contributed by atoms with Crippen molar-refractivity contribution in [1.82, 2.24) is 10.2 Å². The summed E-state index contributed by atoms with van der Waals surface area (Å²) in [6.07, 6.45) is 0.980. The van der Waals surface area contributed by atoms with Crippen LogP contribution in [-0.4, -0.2) is 44.3 Å². The Bertz CT molecular complexity index is 1430. The molecule has 0 fully saturated rings. The number of nitrogens with one attached hydrogen (secondary N) is 1. The van der Waals surface area contributed by atoms with E-state index in [4.69, 9.17) is 23.2 Å². The van der Waals surface area contributed by atoms with Gasteiger partial charge in [-0.2, -0.15) is 0 Å². The number of halogens is 3. The fourth-order valence-corrected chi connectivity index (χ4v) is 5.78. The maximum absolute atomic E-state index is 14.0. The van der Waals surface area contributed by atoms with Crippen LogP contribution in [0, 0.1) is 12.7 Å². The zero-order valence-electron chi connectivity index (χ0n) is 22.5. The smallest absolute Gasteiger partial charge is 0.264 e. The maximum atomic E-state index is 14.0. The fraction of sp³-hybridized carbons (Fsp3) is 0.310. The summed E-state index contributed by atoms with van der Waals surface area (Å²) < 4.78 is 42.3. The number of sulfonamides is 1. The minimum atomic E-state index is -4.24. The third-order valence-corrected chi connectivity index (χ3v) is 8.81. The van der Waals surface area contributed by atoms with E-state index >= 15 is 0 Å². The lowest BCUT2D eigenvalue weighted by molar-refractivity contribution is -0.140. The lowest BCUT2D eigenvalue weighted by Crippen LogP contribution is -2.52. The molecule has 0 aliphatic heterocycles. The van der Waals surface area contributed by atoms with Crippen LogP contribution in [0.3, 0.4) is 0 Å². The highest BCUT2D eigenvalue weighted by molar-refractivity contribution is 7.92. The Kier molecular flexibility index (Phi) is 11.0. The monoisotopic (exact) mass is 607 g/mol. The number of benzene rings is 3. The van der Waals surface area contributed by atoms with Crippen molar-refractivity contribution in [2.45, 2.75) is 51.1 Å². The summed E-state index contributed by atoms with van der Waals surface area (Å²) in [7, 11) is -4.24. The number of nitrogens with zero attached hydrogens (tertiary/aromatic N) is 2. The summed E-state index contributed by atoms with van der Waals surface area (Å²) in [6, 6.07) is 15.2. The lowest BCUT2D eigenvalue weighted by atomic mass is 10.1. The van der Waals surface area contributed by atoms with Crippen LogP contribution in [0.15, 0.2) is 71.6 Å². The van der Waals surface area contributed by atoms with Gasteiger partial charge >= 0.3 is 0 Å². The maximum Gasteiger partial charge on any atom is 0.264 e. The van der Waals surface area contributed by atoms with Crippen molar-refractivity contribution in [3.63, 3.8) is 0 Å². The zero-order valence-corrected chi connectivity index (χ0v) is 24.9. The fourth-order valence-electron chi connectivity index (χ4n) is 4.08. The van der Waals surface area contributed by atoms with E-state index < -0.39 is 34.3 Å². The van der Waals surface area contributed by atoms with Gasteiger partial charge in [-0.05, 0) is 67.8 Å². The molecule has 0 aromatic heterocycles. The van der Waals surface area contributed by atoms with Gasteiger partial charge < -0.3 is 10.2 Å². The van der Waals surface area contributed by atoms with E-state index in [9.17, 15) is 22.4 Å². The topological polar surface area (TPSA) is 86.8 Å². The highest BCUT2D eigenvalue weighted by Gasteiger charge is 2.33. The number of aryl methyl sites for hydroxylation is 1. The van der Waals surface area contributed by atoms with E-state index in [1.165, 1.54) is 59.5 Å². The van der Waals surface area contributed by atoms with Crippen LogP contribution >= 0.6 is 23.2 Å². The summed E-state index contributed by atoms with van der Waals surface area (Å²) in [5.41, 5.74) is 1.58. The van der Waals surface area contributed by atoms with Gasteiger partial charge in [0.2, 0.25) is 11.8 Å². The summed E-state index contributed by atoms with van der Waals surface area (Å²) in [5, 5.41) is 3.16. The molecule has 0 saturated heterocycles. The summed E-state index contributed by atoms with van der Waals surface area (Å²) in [4.78, 5) is 28.4. The highest BCUT2D eigenvalue weighted by Crippen LogP contribution is 2.31. The Morgan fingerprint density at radius 1 is 0.950 bits per heavy atom. The van der Waals surface area contributed by atoms with E-state index in [0.29, 0.717) is 18.5 Å². The molecule has 0 saturated carbocycles. The van der Waals surface area contributed by atoms with Gasteiger partial charge in [0.1, 0.15) is 18.4 Å². The Balaban J connectivity index is 2.07. The number of hydrogen-bond donors (Lipinski definition) is 1. The Morgan fingerprint density at radius 3 is 2.17 bits per heavy atom. The van der Waals surface area contributed by atoms with Crippen molar-refractivity contribution in [2.24, 2.45) is 0 Å². The number of amides is 2. The summed E-state index contributed by atoms with van der Waals surface area (Å²) in [6.45, 7) is 5.28. The number of rotatable bonds is 12. The molecular formula is C29H32Cl2FN3O4S. The highest BCUT2D eigenvalue weighted by atomic mass is 35.5. The SMILES string of the molecule is CCCNC(=O)[C@@H](CC)N(Cc1ccc(F)cc1)C(=O)CN(c1ccc(Cl)c(Cl)c1)S(=O)(=O)c1ccc(C)cc1. The van der Waals surface area contributed by atoms with Crippen LogP contribution in [0.1, 0.15) is 37.8 Å². The average Bonchev–Trinajstić information content (AvgIpc) is 2.93. The van der Waals surface area contributed by atoms with Crippen molar-refractivity contribution in [3.8, 4) is 0 Å². The minimum Gasteiger partial charge on any atom is -0.354 e. The summed E-state index contributed by atoms with van der Waals surface area (Å²) in [5.74, 6) is -1.42. The van der Waals surface area contributed by atoms with Gasteiger partial charge in [-0.3, -0.25) is 13.9 Å². The number of carbonyl (C=O) groups is 2. The molecule has 0 radical (unpaired) electrons. The molecule has 0 aliphatic rings. The van der Waals surface area contributed by atoms with Gasteiger partial charge in [0.15, 0.2) is 0 Å². The molecule has 1 N–H and O–H groups in total. The van der Waals surface area contributed by atoms with Gasteiger partial charge in [-0.1, -0.05) is 66.9 Å². The molecule has 3 aromatic rings. The second-order valence-corrected chi connectivity index (χ2v) is 12.0. The van der Waals surface area contributed by atoms with Crippen molar-refractivity contribution in [1.29, 1.82) is 0 Å². The van der Waals surface area contributed by atoms with Gasteiger partial charge in [0, 0.05) is 13.1 Å². The van der Waals surface area contributed by atoms with E-state index in [1.807, 2.05) is 13.8 Å². The first-order chi connectivity index (χ1) is 19.0. The second kappa shape index (κ2) is 14.0. The second-order valence-electron chi connectivity index (χ2n) is 9.29. The quantitative estimate of drug-likeness (QED) is 0.275. The van der Waals surface area contributed by atoms with E-state index in [-0.39, 0.29) is 39.5 Å². The molecule has 214 valence electrons. The normalized spacial score (nSPS) is 12.1. The van der Waals surface area contributed by atoms with Crippen LogP contribution in [0.4, 0.5) is 10.1 Å². The van der Waals surface area contributed by atoms with Crippen LogP contribution in [0.25, 0.3) is 0 Å². The predicted molar refractivity (Wildman–Crippen MR) is 157 cm³/mol. The van der Waals surface area contributed by atoms with Crippen LogP contribution in [0.2, 0.25) is 10.0 Å². The molecule has 2 amide bonds.